The van der Waals surface area contributed by atoms with Crippen molar-refractivity contribution in [1.82, 2.24) is 42.5 Å². The lowest BCUT2D eigenvalue weighted by Crippen LogP contribution is -2.48. The van der Waals surface area contributed by atoms with E-state index in [-0.39, 0.29) is 125 Å². The summed E-state index contributed by atoms with van der Waals surface area (Å²) in [6, 6.07) is 18.1. The van der Waals surface area contributed by atoms with Crippen molar-refractivity contribution in [3.05, 3.63) is 71.8 Å². The van der Waals surface area contributed by atoms with E-state index in [9.17, 15) is 76.7 Å². The number of Topliss-reactive ketones (excluding diaryl/α,β-unsaturated/α-hetero) is 6. The zero-order chi connectivity index (χ0) is 109. The maximum atomic E-state index is 12.0. The van der Waals surface area contributed by atoms with Gasteiger partial charge in [-0.15, -0.1) is 0 Å². The third-order valence-corrected chi connectivity index (χ3v) is 16.9. The van der Waals surface area contributed by atoms with Crippen LogP contribution in [0.3, 0.4) is 0 Å². The van der Waals surface area contributed by atoms with Crippen LogP contribution in [0, 0.1) is 65.0 Å². The highest BCUT2D eigenvalue weighted by Crippen LogP contribution is 2.36. The van der Waals surface area contributed by atoms with Gasteiger partial charge in [-0.25, -0.2) is 14.4 Å². The number of allylic oxidation sites excluding steroid dienone is 1. The molecule has 1 unspecified atom stereocenters. The molecular formula is C97H166N22O19. The van der Waals surface area contributed by atoms with E-state index in [1.807, 2.05) is 111 Å². The molecule has 0 aliphatic carbocycles. The van der Waals surface area contributed by atoms with Crippen LogP contribution in [-0.4, -0.2) is 179 Å². The molecule has 41 nitrogen and oxygen atoms in total. The minimum atomic E-state index is -0.843. The Morgan fingerprint density at radius 1 is 0.391 bits per heavy atom. The number of carbonyl (C=O) groups is 16. The van der Waals surface area contributed by atoms with E-state index in [4.69, 9.17) is 64.8 Å². The first-order valence-electron chi connectivity index (χ1n) is 44.7. The molecule has 9 amide bonds. The van der Waals surface area contributed by atoms with Gasteiger partial charge in [-0.3, -0.25) is 115 Å². The number of hydrogen-bond acceptors (Lipinski definition) is 26. The Balaban J connectivity index is -0.000000484. The molecule has 0 spiro atoms. The summed E-state index contributed by atoms with van der Waals surface area (Å²) in [5.74, 6) is -3.65. The number of ketones is 7. The second-order valence-corrected chi connectivity index (χ2v) is 43.9. The highest BCUT2D eigenvalue weighted by atomic mass is 16.6. The van der Waals surface area contributed by atoms with Crippen LogP contribution in [0.1, 0.15) is 311 Å². The number of rotatable bonds is 16. The second-order valence-electron chi connectivity index (χ2n) is 43.9. The van der Waals surface area contributed by atoms with Gasteiger partial charge >= 0.3 is 18.3 Å². The fourth-order valence-corrected chi connectivity index (χ4v) is 8.68. The predicted molar refractivity (Wildman–Crippen MR) is 542 cm³/mol. The van der Waals surface area contributed by atoms with Crippen molar-refractivity contribution < 1.29 is 90.9 Å². The van der Waals surface area contributed by atoms with Crippen molar-refractivity contribution in [1.29, 1.82) is 16.2 Å². The highest BCUT2D eigenvalue weighted by molar-refractivity contribution is 6.09. The van der Waals surface area contributed by atoms with Gasteiger partial charge in [0.25, 0.3) is 11.8 Å². The van der Waals surface area contributed by atoms with Gasteiger partial charge in [0.2, 0.25) is 41.5 Å². The number of aliphatic imine (C=N–C) groups is 4. The molecule has 2 heterocycles. The lowest BCUT2D eigenvalue weighted by molar-refractivity contribution is -0.133. The number of guanidine groups is 7. The lowest BCUT2D eigenvalue weighted by Gasteiger charge is -2.21. The SMILES string of the molecule is CC(C)(C)C(=O)/C=C/c1ccccc1.CC(C)(C)C(=O)CC(=O)N=C(N)N.CC(C)(C)C(=O)CC1CNc2ccccc21.CC(C)(C)C(=O)CCC(=O)N=C(N)N.CC(C)(C)C(=O)CNC1=NCCN1.CC(C)(C)C(=O)N=C(N)N.CC(C)(C)OC(=O)NC(=N)NC(=O)C(C)(C)C.CC(C)(C)OC(=O)NC(=N)NC(=O)CC(=O)C(C)(C)C.CC(C)(C)OC(=O)NC(=N)NC(=O)CCC(=O)C(C)(C)C. The van der Waals surface area contributed by atoms with Crippen LogP contribution in [0.2, 0.25) is 0 Å². The number of benzene rings is 2. The number of fused-ring (bicyclic) bond motifs is 1. The average molecular weight is 1940 g/mol. The molecule has 0 bridgehead atoms. The molecule has 0 aromatic heterocycles. The maximum absolute atomic E-state index is 12.0. The van der Waals surface area contributed by atoms with Gasteiger partial charge in [-0.1, -0.05) is 242 Å². The molecule has 4 rings (SSSR count). The Kier molecular flexibility index (Phi) is 57.3. The van der Waals surface area contributed by atoms with Crippen LogP contribution >= 0.6 is 0 Å². The number of nitrogens with one attached hydrogen (secondary N) is 12. The lowest BCUT2D eigenvalue weighted by atomic mass is 9.84. The third kappa shape index (κ3) is 72.4. The molecule has 41 heteroatoms. The Labute approximate surface area is 816 Å². The van der Waals surface area contributed by atoms with Crippen LogP contribution in [0.5, 0.6) is 0 Å². The van der Waals surface area contributed by atoms with Crippen molar-refractivity contribution >= 4 is 148 Å². The molecule has 0 saturated carbocycles. The zero-order valence-electron chi connectivity index (χ0n) is 88.7. The summed E-state index contributed by atoms with van der Waals surface area (Å²) in [6.45, 7) is 67.1. The summed E-state index contributed by atoms with van der Waals surface area (Å²) in [5.41, 5.74) is 27.5. The first-order valence-corrected chi connectivity index (χ1v) is 44.7. The Morgan fingerprint density at radius 3 is 1.12 bits per heavy atom. The van der Waals surface area contributed by atoms with E-state index in [0.29, 0.717) is 24.7 Å². The van der Waals surface area contributed by atoms with Gasteiger partial charge in [-0.05, 0) is 85.6 Å². The van der Waals surface area contributed by atoms with Crippen molar-refractivity contribution in [2.45, 2.75) is 317 Å². The zero-order valence-corrected chi connectivity index (χ0v) is 88.7. The smallest absolute Gasteiger partial charge is 0.414 e. The van der Waals surface area contributed by atoms with Gasteiger partial charge in [0.05, 0.1) is 25.9 Å². The van der Waals surface area contributed by atoms with Gasteiger partial charge in [0.1, 0.15) is 45.7 Å². The van der Waals surface area contributed by atoms with E-state index in [2.05, 4.69) is 80.0 Å². The summed E-state index contributed by atoms with van der Waals surface area (Å²) in [4.78, 5) is 196. The molecule has 2 aromatic carbocycles. The molecule has 0 fully saturated rings. The van der Waals surface area contributed by atoms with Crippen molar-refractivity contribution in [3.63, 3.8) is 0 Å². The van der Waals surface area contributed by atoms with Gasteiger partial charge in [0, 0.05) is 106 Å². The van der Waals surface area contributed by atoms with E-state index in [1.54, 1.807) is 193 Å². The average Bonchev–Trinajstić information content (AvgIpc) is 1.68. The highest BCUT2D eigenvalue weighted by Gasteiger charge is 2.33. The fraction of sp³-hybridized carbons (Fsp3) is 0.619. The normalized spacial score (nSPS) is 12.7. The molecule has 778 valence electrons. The largest absolute Gasteiger partial charge is 0.444 e. The first-order chi connectivity index (χ1) is 61.8. The van der Waals surface area contributed by atoms with Crippen molar-refractivity contribution in [2.75, 3.05) is 31.5 Å². The number of amides is 9. The standard InChI is InChI=1S/C14H25N3O4.C14H19NO.C13H23N3O4.C13H16O.C11H21N3O3.C9H17N3O2.C9H17N3O.C8H15N3O2.C6H13N3O/c1-13(2,3)9(18)7-8-10(19)16-11(15)17-12(20)21-14(4,5)6;1-14(2,3)13(16)8-10-9-15-12-7-5-4-6-11(10)12;1-12(2,3)8(17)7-9(18)15-10(14)16-11(19)20-13(4,5)6;1-13(2,3)12(14)10-9-11-7-5-4-6-8-11;1-10(2,3)7(15)13-8(12)14-9(16)17-11(4,5)6;1-9(2,3)6(13)4-5-7(14)12-8(10)11;1-9(2,3)7(13)6-12-8-10-4-5-11-8;1-8(2,3)5(12)4-6(13)11-7(9)10;1-6(2,3)4(10)9-5(7)8/h7-8H2,1-6H3,(H3,15,16,17,19,20);4-7,10,15H,8-9H2,1-3H3;7H2,1-6H3,(H3,14,15,16,18,19);4-10H,1-3H3;1-6H3,(H3,12,13,14,15,16);4-5H2,1-3H3,(H4,10,11,12,14);4-6H2,1-3H3,(H2,10,11,12);4H2,1-3H3,(H4,9,10,11,13);1-3H3,(H4,7,8,9,10)/b;;;10-9+;;;;;. The second kappa shape index (κ2) is 59.2. The molecule has 0 saturated heterocycles. The Bertz CT molecular complexity index is 4620. The van der Waals surface area contributed by atoms with Crippen molar-refractivity contribution in [3.8, 4) is 0 Å². The summed E-state index contributed by atoms with van der Waals surface area (Å²) >= 11 is 0. The predicted octanol–water partition coefficient (Wildman–Crippen LogP) is 11.6. The molecule has 2 aromatic rings. The van der Waals surface area contributed by atoms with Gasteiger partial charge in [-0.2, -0.15) is 15.0 Å². The topological polar surface area (TPSA) is 686 Å². The number of hydrogen-bond donors (Lipinski definition) is 18. The number of para-hydroxylation sites is 1. The maximum Gasteiger partial charge on any atom is 0.414 e. The molecule has 138 heavy (non-hydrogen) atoms. The molecular weight excluding hydrogens is 1780 g/mol. The number of ether oxygens (including phenoxy) is 3. The first kappa shape index (κ1) is 133. The Morgan fingerprint density at radius 2 is 0.761 bits per heavy atom. The Hall–Kier alpha value is -13.0. The number of nitrogens with two attached hydrogens (primary N) is 6. The molecule has 24 N–H and O–H groups in total. The molecule has 0 radical (unpaired) electrons. The van der Waals surface area contributed by atoms with Crippen LogP contribution in [0.15, 0.2) is 80.6 Å². The van der Waals surface area contributed by atoms with E-state index >= 15 is 0 Å². The van der Waals surface area contributed by atoms with Crippen LogP contribution in [-0.2, 0) is 76.5 Å². The number of anilines is 1. The minimum Gasteiger partial charge on any atom is -0.444 e. The van der Waals surface area contributed by atoms with Crippen LogP contribution < -0.4 is 82.3 Å². The van der Waals surface area contributed by atoms with Gasteiger partial charge < -0.3 is 64.6 Å². The minimum absolute atomic E-state index is 0.0247. The third-order valence-electron chi connectivity index (χ3n) is 16.9. The van der Waals surface area contributed by atoms with E-state index in [1.165, 1.54) is 11.3 Å². The summed E-state index contributed by atoms with van der Waals surface area (Å²) < 4.78 is 14.8. The molecule has 1 atom stereocenters. The number of alkyl carbamates (subject to hydrolysis) is 3. The molecule has 2 aliphatic rings. The summed E-state index contributed by atoms with van der Waals surface area (Å²) in [5, 5.41) is 44.5. The summed E-state index contributed by atoms with van der Waals surface area (Å²) in [7, 11) is 0. The van der Waals surface area contributed by atoms with Gasteiger partial charge in [0.15, 0.2) is 35.4 Å². The van der Waals surface area contributed by atoms with Crippen LogP contribution in [0.4, 0.5) is 20.1 Å². The quantitative estimate of drug-likeness (QED) is 0.0244. The van der Waals surface area contributed by atoms with E-state index in [0.717, 1.165) is 31.2 Å². The number of nitrogens with zero attached hydrogens (tertiary/aromatic N) is 4. The summed E-state index contributed by atoms with van der Waals surface area (Å²) in [6.07, 6.45) is 1.43. The molecule has 2 aliphatic heterocycles. The fourth-order valence-electron chi connectivity index (χ4n) is 8.68. The monoisotopic (exact) mass is 1940 g/mol. The number of carbonyl (C=O) groups excluding carboxylic acids is 16. The van der Waals surface area contributed by atoms with Crippen LogP contribution in [0.25, 0.3) is 6.08 Å². The van der Waals surface area contributed by atoms with Crippen molar-refractivity contribution in [2.24, 2.45) is 103 Å². The van der Waals surface area contributed by atoms with E-state index < -0.39 is 103 Å².